The molecule has 2 heterocycles. The molecule has 156 valence electrons. The van der Waals surface area contributed by atoms with Crippen molar-refractivity contribution in [1.82, 2.24) is 4.57 Å². The van der Waals surface area contributed by atoms with E-state index < -0.39 is 0 Å². The topological polar surface area (TPSA) is 59.2 Å². The Kier molecular flexibility index (Phi) is 5.65. The summed E-state index contributed by atoms with van der Waals surface area (Å²) in [6.07, 6.45) is 5.83. The van der Waals surface area contributed by atoms with Crippen LogP contribution in [0.4, 0.5) is 0 Å². The van der Waals surface area contributed by atoms with E-state index in [9.17, 15) is 9.90 Å². The van der Waals surface area contributed by atoms with Crippen LogP contribution in [0.25, 0.3) is 21.9 Å². The first kappa shape index (κ1) is 20.9. The first-order valence-corrected chi connectivity index (χ1v) is 9.88. The van der Waals surface area contributed by atoms with Gasteiger partial charge in [0.05, 0.1) is 0 Å². The number of furan rings is 1. The molecule has 2 aromatic heterocycles. The number of phenols is 1. The number of hydrogen-bond acceptors (Lipinski definition) is 3. The zero-order valence-corrected chi connectivity index (χ0v) is 18.5. The smallest absolute Gasteiger partial charge is 0.244 e. The minimum absolute atomic E-state index is 0. The number of carbonyl (C=O) groups excluding carboxylic acids is 1. The molecular formula is C25H21BrN2O3. The highest BCUT2D eigenvalue weighted by Crippen LogP contribution is 2.31. The summed E-state index contributed by atoms with van der Waals surface area (Å²) in [6, 6.07) is 20.8. The van der Waals surface area contributed by atoms with Gasteiger partial charge in [-0.2, -0.15) is 0 Å². The molecule has 6 heteroatoms. The molecule has 5 nitrogen and oxygen atoms in total. The Morgan fingerprint density at radius 3 is 2.58 bits per heavy atom. The molecule has 1 unspecified atom stereocenters. The molecule has 0 aliphatic heterocycles. The third-order valence-corrected chi connectivity index (χ3v) is 5.56. The summed E-state index contributed by atoms with van der Waals surface area (Å²) in [5.74, 6) is 0.151. The Balaban J connectivity index is 0.00000231. The Morgan fingerprint density at radius 1 is 1.03 bits per heavy atom. The largest absolute Gasteiger partial charge is 1.00 e. The highest BCUT2D eigenvalue weighted by atomic mass is 79.9. The predicted octanol–water partition coefficient (Wildman–Crippen LogP) is 1.88. The first-order chi connectivity index (χ1) is 14.6. The molecule has 0 radical (unpaired) electrons. The van der Waals surface area contributed by atoms with E-state index in [2.05, 4.69) is 29.7 Å². The maximum absolute atomic E-state index is 12.5. The minimum atomic E-state index is -0.00307. The molecular weight excluding hydrogens is 456 g/mol. The van der Waals surface area contributed by atoms with Crippen LogP contribution in [0.5, 0.6) is 5.75 Å². The number of ketones is 1. The normalized spacial score (nSPS) is 12.0. The second-order valence-corrected chi connectivity index (χ2v) is 7.53. The molecule has 0 aliphatic rings. The Bertz CT molecular complexity index is 1370. The highest BCUT2D eigenvalue weighted by Gasteiger charge is 2.18. The molecule has 0 amide bonds. The van der Waals surface area contributed by atoms with Crippen LogP contribution in [0.15, 0.2) is 89.9 Å². The van der Waals surface area contributed by atoms with Gasteiger partial charge in [0.2, 0.25) is 12.1 Å². The lowest BCUT2D eigenvalue weighted by molar-refractivity contribution is -0.682. The highest BCUT2D eigenvalue weighted by molar-refractivity contribution is 6.05. The molecule has 5 rings (SSSR count). The molecule has 1 N–H and O–H groups in total. The number of imidazole rings is 1. The number of aromatic nitrogens is 2. The van der Waals surface area contributed by atoms with E-state index in [1.54, 1.807) is 12.1 Å². The van der Waals surface area contributed by atoms with Gasteiger partial charge >= 0.3 is 0 Å². The van der Waals surface area contributed by atoms with Crippen LogP contribution in [-0.2, 0) is 6.54 Å². The maximum Gasteiger partial charge on any atom is 0.244 e. The summed E-state index contributed by atoms with van der Waals surface area (Å²) >= 11 is 0. The third kappa shape index (κ3) is 3.99. The van der Waals surface area contributed by atoms with Crippen molar-refractivity contribution in [3.63, 3.8) is 0 Å². The van der Waals surface area contributed by atoms with Gasteiger partial charge in [-0.05, 0) is 55.0 Å². The molecule has 0 fully saturated rings. The molecule has 0 saturated heterocycles. The maximum atomic E-state index is 12.5. The van der Waals surface area contributed by atoms with Crippen molar-refractivity contribution < 1.29 is 35.9 Å². The Labute approximate surface area is 189 Å². The van der Waals surface area contributed by atoms with Gasteiger partial charge in [-0.1, -0.05) is 24.3 Å². The molecule has 0 bridgehead atoms. The van der Waals surface area contributed by atoms with Crippen molar-refractivity contribution in [3.8, 4) is 5.75 Å². The molecule has 5 aromatic rings. The second kappa shape index (κ2) is 8.40. The van der Waals surface area contributed by atoms with Gasteiger partial charge < -0.3 is 26.5 Å². The van der Waals surface area contributed by atoms with Crippen molar-refractivity contribution in [2.24, 2.45) is 0 Å². The van der Waals surface area contributed by atoms with E-state index in [1.807, 2.05) is 47.6 Å². The number of carbonyl (C=O) groups is 1. The number of nitrogens with zero attached hydrogens (tertiary/aromatic N) is 2. The average molecular weight is 477 g/mol. The van der Waals surface area contributed by atoms with Crippen LogP contribution in [0.2, 0.25) is 0 Å². The van der Waals surface area contributed by atoms with Crippen molar-refractivity contribution in [2.45, 2.75) is 19.5 Å². The number of halogens is 1. The van der Waals surface area contributed by atoms with Crippen LogP contribution in [0.3, 0.4) is 0 Å². The summed E-state index contributed by atoms with van der Waals surface area (Å²) in [5, 5.41) is 11.6. The van der Waals surface area contributed by atoms with Gasteiger partial charge in [-0.3, -0.25) is 4.79 Å². The molecule has 31 heavy (non-hydrogen) atoms. The first-order valence-electron chi connectivity index (χ1n) is 9.88. The minimum Gasteiger partial charge on any atom is -1.00 e. The second-order valence-electron chi connectivity index (χ2n) is 7.53. The van der Waals surface area contributed by atoms with Crippen molar-refractivity contribution >= 4 is 27.7 Å². The van der Waals surface area contributed by atoms with E-state index in [0.717, 1.165) is 21.9 Å². The fourth-order valence-corrected chi connectivity index (χ4v) is 3.81. The number of aromatic hydroxyl groups is 1. The standard InChI is InChI=1S/C25H20N2O3.BrH/c1-17(19-8-11-25-22(14-19)21-4-2-3-5-24(21)30-25)27-13-12-26(16-27)15-23(29)18-6-9-20(28)10-7-18;/h2-14,16-17H,15H2,1H3;1H. The number of benzene rings is 3. The fraction of sp³-hybridized carbons (Fsp3) is 0.120. The van der Waals surface area contributed by atoms with Gasteiger partial charge in [-0.15, -0.1) is 0 Å². The van der Waals surface area contributed by atoms with Gasteiger partial charge in [0.15, 0.2) is 6.54 Å². The van der Waals surface area contributed by atoms with E-state index >= 15 is 0 Å². The van der Waals surface area contributed by atoms with Crippen LogP contribution >= 0.6 is 0 Å². The lowest BCUT2D eigenvalue weighted by Gasteiger charge is -2.08. The van der Waals surface area contributed by atoms with Crippen LogP contribution in [0, 0.1) is 0 Å². The van der Waals surface area contributed by atoms with E-state index in [4.69, 9.17) is 4.42 Å². The Morgan fingerprint density at radius 2 is 1.77 bits per heavy atom. The van der Waals surface area contributed by atoms with Crippen molar-refractivity contribution in [3.05, 3.63) is 96.6 Å². The number of hydrogen-bond donors (Lipinski definition) is 1. The predicted molar refractivity (Wildman–Crippen MR) is 115 cm³/mol. The molecule has 0 saturated carbocycles. The summed E-state index contributed by atoms with van der Waals surface area (Å²) < 4.78 is 9.89. The van der Waals surface area contributed by atoms with Gasteiger partial charge in [0.25, 0.3) is 0 Å². The molecule has 0 aliphatic carbocycles. The third-order valence-electron chi connectivity index (χ3n) is 5.56. The van der Waals surface area contributed by atoms with Gasteiger partial charge in [0.1, 0.15) is 35.4 Å². The van der Waals surface area contributed by atoms with E-state index in [0.29, 0.717) is 5.56 Å². The van der Waals surface area contributed by atoms with Crippen LogP contribution < -0.4 is 21.5 Å². The zero-order valence-electron chi connectivity index (χ0n) is 16.9. The Hall–Kier alpha value is -3.38. The number of Topliss-reactive ketones (excluding diaryl/α,β-unsaturated/α-hetero) is 1. The van der Waals surface area contributed by atoms with E-state index in [1.165, 1.54) is 17.7 Å². The van der Waals surface area contributed by atoms with Gasteiger partial charge in [-0.25, -0.2) is 9.13 Å². The molecule has 3 aromatic carbocycles. The van der Waals surface area contributed by atoms with Crippen molar-refractivity contribution in [2.75, 3.05) is 0 Å². The zero-order chi connectivity index (χ0) is 20.7. The van der Waals surface area contributed by atoms with Crippen molar-refractivity contribution in [1.29, 1.82) is 0 Å². The summed E-state index contributed by atoms with van der Waals surface area (Å²) in [4.78, 5) is 12.5. The summed E-state index contributed by atoms with van der Waals surface area (Å²) in [7, 11) is 0. The fourth-order valence-electron chi connectivity index (χ4n) is 3.81. The summed E-state index contributed by atoms with van der Waals surface area (Å²) in [5.41, 5.74) is 3.53. The quantitative estimate of drug-likeness (QED) is 0.311. The number of phenolic OH excluding ortho intramolecular Hbond substituents is 1. The van der Waals surface area contributed by atoms with E-state index in [-0.39, 0.29) is 41.1 Å². The van der Waals surface area contributed by atoms with Gasteiger partial charge in [0, 0.05) is 16.3 Å². The average Bonchev–Trinajstić information content (AvgIpc) is 3.37. The molecule has 0 spiro atoms. The monoisotopic (exact) mass is 476 g/mol. The number of para-hydroxylation sites is 1. The number of fused-ring (bicyclic) bond motifs is 3. The lowest BCUT2D eigenvalue weighted by Crippen LogP contribution is -3.00. The van der Waals surface area contributed by atoms with Crippen LogP contribution in [-0.4, -0.2) is 15.5 Å². The lowest BCUT2D eigenvalue weighted by atomic mass is 10.0. The molecule has 1 atom stereocenters. The SMILES string of the molecule is CC(c1ccc2oc3ccccc3c2c1)n1cc[n+](CC(=O)c2ccc(O)cc2)c1.[Br-]. The number of rotatable bonds is 5. The van der Waals surface area contributed by atoms with Crippen LogP contribution in [0.1, 0.15) is 28.9 Å². The summed E-state index contributed by atoms with van der Waals surface area (Å²) in [6.45, 7) is 2.38.